The molecule has 0 spiro atoms. The molecule has 138 valence electrons. The van der Waals surface area contributed by atoms with Crippen molar-refractivity contribution in [2.24, 2.45) is 11.8 Å². The topological polar surface area (TPSA) is 6.48 Å². The fraction of sp³-hybridized carbons (Fsp3) is 0.636. The summed E-state index contributed by atoms with van der Waals surface area (Å²) in [5, 5.41) is 0. The molecule has 3 rings (SSSR count). The maximum Gasteiger partial charge on any atom is 0.123 e. The first-order valence-electron chi connectivity index (χ1n) is 9.99. The highest BCUT2D eigenvalue weighted by Gasteiger charge is 2.21. The van der Waals surface area contributed by atoms with Gasteiger partial charge in [-0.3, -0.25) is 0 Å². The standard InChI is InChI=1S/C22H33FN2/c1-24(17-20-5-3-2-4-6-20)18-21-12-15-25(16-13-21)14-11-19-7-9-22(23)10-8-19/h2-3,7-10,20-21H,4-6,11-18H2,1H3. The third-order valence-electron chi connectivity index (χ3n) is 5.85. The monoisotopic (exact) mass is 344 g/mol. The van der Waals surface area contributed by atoms with E-state index in [4.69, 9.17) is 0 Å². The van der Waals surface area contributed by atoms with Crippen molar-refractivity contribution in [1.29, 1.82) is 0 Å². The molecule has 1 unspecified atom stereocenters. The van der Waals surface area contributed by atoms with Gasteiger partial charge >= 0.3 is 0 Å². The molecule has 1 aromatic rings. The Kier molecular flexibility index (Phi) is 7.06. The Labute approximate surface area is 152 Å². The van der Waals surface area contributed by atoms with Crippen LogP contribution in [0.4, 0.5) is 4.39 Å². The Morgan fingerprint density at radius 2 is 1.72 bits per heavy atom. The number of hydrogen-bond acceptors (Lipinski definition) is 2. The molecular weight excluding hydrogens is 311 g/mol. The average molecular weight is 345 g/mol. The highest BCUT2D eigenvalue weighted by atomic mass is 19.1. The molecule has 2 nitrogen and oxygen atoms in total. The summed E-state index contributed by atoms with van der Waals surface area (Å²) in [6.07, 6.45) is 12.3. The second-order valence-electron chi connectivity index (χ2n) is 8.03. The van der Waals surface area contributed by atoms with Crippen molar-refractivity contribution in [3.8, 4) is 0 Å². The van der Waals surface area contributed by atoms with E-state index in [0.717, 1.165) is 24.8 Å². The number of nitrogens with zero attached hydrogens (tertiary/aromatic N) is 2. The van der Waals surface area contributed by atoms with Crippen molar-refractivity contribution in [1.82, 2.24) is 9.80 Å². The van der Waals surface area contributed by atoms with Crippen molar-refractivity contribution in [3.05, 3.63) is 47.8 Å². The van der Waals surface area contributed by atoms with Crippen LogP contribution in [0.25, 0.3) is 0 Å². The van der Waals surface area contributed by atoms with E-state index in [0.29, 0.717) is 0 Å². The van der Waals surface area contributed by atoms with Crippen molar-refractivity contribution in [3.63, 3.8) is 0 Å². The lowest BCUT2D eigenvalue weighted by Gasteiger charge is -2.35. The summed E-state index contributed by atoms with van der Waals surface area (Å²) in [6, 6.07) is 6.97. The molecule has 0 radical (unpaired) electrons. The molecule has 1 heterocycles. The Balaban J connectivity index is 1.32. The van der Waals surface area contributed by atoms with Crippen LogP contribution in [0.5, 0.6) is 0 Å². The molecule has 1 fully saturated rings. The second-order valence-corrected chi connectivity index (χ2v) is 8.03. The first-order valence-corrected chi connectivity index (χ1v) is 9.99. The van der Waals surface area contributed by atoms with Gasteiger partial charge in [-0.1, -0.05) is 24.3 Å². The Bertz CT molecular complexity index is 531. The van der Waals surface area contributed by atoms with Crippen LogP contribution in [0.3, 0.4) is 0 Å². The Morgan fingerprint density at radius 1 is 1.00 bits per heavy atom. The molecule has 25 heavy (non-hydrogen) atoms. The summed E-state index contributed by atoms with van der Waals surface area (Å²) in [6.45, 7) is 6.04. The quantitative estimate of drug-likeness (QED) is 0.678. The number of benzene rings is 1. The SMILES string of the molecule is CN(CC1CC=CCC1)CC1CCN(CCc2ccc(F)cc2)CC1. The van der Waals surface area contributed by atoms with Crippen molar-refractivity contribution >= 4 is 0 Å². The van der Waals surface area contributed by atoms with E-state index in [2.05, 4.69) is 29.0 Å². The second kappa shape index (κ2) is 9.49. The maximum absolute atomic E-state index is 13.0. The Morgan fingerprint density at radius 3 is 2.40 bits per heavy atom. The van der Waals surface area contributed by atoms with Crippen LogP contribution >= 0.6 is 0 Å². The molecule has 0 bridgehead atoms. The summed E-state index contributed by atoms with van der Waals surface area (Å²) in [5.41, 5.74) is 1.24. The van der Waals surface area contributed by atoms with Crippen LogP contribution in [0.1, 0.15) is 37.7 Å². The molecule has 1 saturated heterocycles. The number of rotatable bonds is 7. The van der Waals surface area contributed by atoms with E-state index < -0.39 is 0 Å². The van der Waals surface area contributed by atoms with Crippen molar-refractivity contribution in [2.45, 2.75) is 38.5 Å². The van der Waals surface area contributed by atoms with Gasteiger partial charge in [0.25, 0.3) is 0 Å². The van der Waals surface area contributed by atoms with Crippen LogP contribution in [-0.2, 0) is 6.42 Å². The molecule has 0 aromatic heterocycles. The number of likely N-dealkylation sites (tertiary alicyclic amines) is 1. The lowest BCUT2D eigenvalue weighted by Crippen LogP contribution is -2.39. The van der Waals surface area contributed by atoms with Gasteiger partial charge in [0, 0.05) is 19.6 Å². The van der Waals surface area contributed by atoms with Gasteiger partial charge in [0.15, 0.2) is 0 Å². The fourth-order valence-corrected chi connectivity index (χ4v) is 4.31. The largest absolute Gasteiger partial charge is 0.306 e. The Hall–Kier alpha value is -1.19. The van der Waals surface area contributed by atoms with E-state index >= 15 is 0 Å². The number of piperidine rings is 1. The van der Waals surface area contributed by atoms with Crippen LogP contribution in [0.15, 0.2) is 36.4 Å². The lowest BCUT2D eigenvalue weighted by molar-refractivity contribution is 0.146. The first kappa shape index (κ1) is 18.6. The molecule has 0 amide bonds. The van der Waals surface area contributed by atoms with Gasteiger partial charge in [0.1, 0.15) is 5.82 Å². The predicted molar refractivity (Wildman–Crippen MR) is 103 cm³/mol. The van der Waals surface area contributed by atoms with Gasteiger partial charge in [-0.15, -0.1) is 0 Å². The van der Waals surface area contributed by atoms with Crippen LogP contribution in [0.2, 0.25) is 0 Å². The van der Waals surface area contributed by atoms with Gasteiger partial charge in [0.2, 0.25) is 0 Å². The maximum atomic E-state index is 13.0. The summed E-state index contributed by atoms with van der Waals surface area (Å²) < 4.78 is 13.0. The molecular formula is C22H33FN2. The van der Waals surface area contributed by atoms with Gasteiger partial charge in [-0.25, -0.2) is 4.39 Å². The highest BCUT2D eigenvalue weighted by Crippen LogP contribution is 2.22. The zero-order valence-electron chi connectivity index (χ0n) is 15.7. The van der Waals surface area contributed by atoms with Gasteiger partial charge < -0.3 is 9.80 Å². The zero-order valence-corrected chi connectivity index (χ0v) is 15.7. The number of allylic oxidation sites excluding steroid dienone is 2. The van der Waals surface area contributed by atoms with Gasteiger partial charge in [-0.05, 0) is 88.2 Å². The number of hydrogen-bond donors (Lipinski definition) is 0. The van der Waals surface area contributed by atoms with E-state index in [1.165, 1.54) is 63.8 Å². The number of halogens is 1. The third kappa shape index (κ3) is 6.23. The summed E-state index contributed by atoms with van der Waals surface area (Å²) in [7, 11) is 2.30. The lowest BCUT2D eigenvalue weighted by atomic mass is 9.92. The average Bonchev–Trinajstić information content (AvgIpc) is 2.63. The van der Waals surface area contributed by atoms with Gasteiger partial charge in [0.05, 0.1) is 0 Å². The minimum absolute atomic E-state index is 0.141. The normalized spacial score (nSPS) is 22.6. The summed E-state index contributed by atoms with van der Waals surface area (Å²) in [4.78, 5) is 5.15. The van der Waals surface area contributed by atoms with Gasteiger partial charge in [-0.2, -0.15) is 0 Å². The first-order chi connectivity index (χ1) is 12.2. The molecule has 1 atom stereocenters. The predicted octanol–water partition coefficient (Wildman–Crippen LogP) is 4.37. The van der Waals surface area contributed by atoms with Crippen LogP contribution < -0.4 is 0 Å². The van der Waals surface area contributed by atoms with E-state index in [9.17, 15) is 4.39 Å². The van der Waals surface area contributed by atoms with Crippen LogP contribution in [0, 0.1) is 17.7 Å². The van der Waals surface area contributed by atoms with E-state index in [1.54, 1.807) is 12.1 Å². The zero-order chi connectivity index (χ0) is 17.5. The molecule has 1 aromatic carbocycles. The summed E-state index contributed by atoms with van der Waals surface area (Å²) >= 11 is 0. The molecule has 1 aliphatic carbocycles. The minimum atomic E-state index is -0.141. The molecule has 0 saturated carbocycles. The summed E-state index contributed by atoms with van der Waals surface area (Å²) in [5.74, 6) is 1.58. The highest BCUT2D eigenvalue weighted by molar-refractivity contribution is 5.16. The van der Waals surface area contributed by atoms with Crippen LogP contribution in [-0.4, -0.2) is 49.6 Å². The minimum Gasteiger partial charge on any atom is -0.306 e. The smallest absolute Gasteiger partial charge is 0.123 e. The molecule has 2 aliphatic rings. The third-order valence-corrected chi connectivity index (χ3v) is 5.85. The molecule has 3 heteroatoms. The van der Waals surface area contributed by atoms with E-state index in [-0.39, 0.29) is 5.82 Å². The fourth-order valence-electron chi connectivity index (χ4n) is 4.31. The van der Waals surface area contributed by atoms with E-state index in [1.807, 2.05) is 12.1 Å². The van der Waals surface area contributed by atoms with Crippen molar-refractivity contribution < 1.29 is 4.39 Å². The van der Waals surface area contributed by atoms with Crippen molar-refractivity contribution in [2.75, 3.05) is 39.8 Å². The molecule has 0 N–H and O–H groups in total. The molecule has 1 aliphatic heterocycles.